The second-order valence-electron chi connectivity index (χ2n) is 5.36. The van der Waals surface area contributed by atoms with Gasteiger partial charge in [-0.1, -0.05) is 37.0 Å². The molecular weight excluding hydrogens is 321 g/mol. The molecule has 0 aliphatic heterocycles. The smallest absolute Gasteiger partial charge is 0.220 e. The zero-order valence-electron chi connectivity index (χ0n) is 12.2. The Hall–Kier alpha value is -1.91. The van der Waals surface area contributed by atoms with Crippen LogP contribution in [0.1, 0.15) is 25.3 Å². The minimum absolute atomic E-state index is 0.352. The van der Waals surface area contributed by atoms with Crippen LogP contribution in [0.4, 0.5) is 5.69 Å². The number of aromatic amines is 1. The molecular formula is C16H15Cl2N3O. The van der Waals surface area contributed by atoms with Crippen LogP contribution in [0.3, 0.4) is 0 Å². The molecule has 0 spiro atoms. The zero-order chi connectivity index (χ0) is 15.9. The van der Waals surface area contributed by atoms with Crippen molar-refractivity contribution >= 4 is 39.9 Å². The van der Waals surface area contributed by atoms with Gasteiger partial charge in [0, 0.05) is 18.0 Å². The van der Waals surface area contributed by atoms with Gasteiger partial charge in [-0.25, -0.2) is 4.98 Å². The van der Waals surface area contributed by atoms with E-state index in [9.17, 15) is 0 Å². The fourth-order valence-corrected chi connectivity index (χ4v) is 2.86. The Bertz CT molecular complexity index is 820. The number of nitrogen functional groups attached to an aromatic ring is 1. The van der Waals surface area contributed by atoms with Crippen molar-refractivity contribution in [2.75, 3.05) is 5.73 Å². The summed E-state index contributed by atoms with van der Waals surface area (Å²) < 4.78 is 5.76. The van der Waals surface area contributed by atoms with E-state index >= 15 is 0 Å². The molecule has 3 N–H and O–H groups in total. The summed E-state index contributed by atoms with van der Waals surface area (Å²) in [5, 5.41) is 0.704. The quantitative estimate of drug-likeness (QED) is 0.632. The monoisotopic (exact) mass is 335 g/mol. The molecule has 0 bridgehead atoms. The third kappa shape index (κ3) is 2.72. The molecule has 1 aromatic carbocycles. The number of pyridine rings is 1. The van der Waals surface area contributed by atoms with E-state index in [1.807, 2.05) is 12.3 Å². The summed E-state index contributed by atoms with van der Waals surface area (Å²) in [6, 6.07) is 6.88. The average molecular weight is 336 g/mol. The highest BCUT2D eigenvalue weighted by Crippen LogP contribution is 2.38. The number of rotatable bonds is 3. The first-order valence-electron chi connectivity index (χ1n) is 6.86. The molecule has 2 aromatic heterocycles. The molecule has 114 valence electrons. The highest BCUT2D eigenvalue weighted by Gasteiger charge is 2.13. The second kappa shape index (κ2) is 5.71. The van der Waals surface area contributed by atoms with Crippen LogP contribution in [0, 0.1) is 0 Å². The van der Waals surface area contributed by atoms with Gasteiger partial charge in [-0.3, -0.25) is 0 Å². The third-order valence-electron chi connectivity index (χ3n) is 3.38. The molecule has 0 saturated heterocycles. The summed E-state index contributed by atoms with van der Waals surface area (Å²) >= 11 is 12.3. The first kappa shape index (κ1) is 15.0. The molecule has 0 amide bonds. The lowest BCUT2D eigenvalue weighted by Gasteiger charge is -2.10. The van der Waals surface area contributed by atoms with Crippen molar-refractivity contribution in [3.63, 3.8) is 0 Å². The van der Waals surface area contributed by atoms with E-state index in [0.29, 0.717) is 33.3 Å². The number of H-pyrrole nitrogens is 1. The van der Waals surface area contributed by atoms with Crippen LogP contribution >= 0.6 is 23.2 Å². The van der Waals surface area contributed by atoms with Crippen LogP contribution in [-0.4, -0.2) is 9.97 Å². The molecule has 3 rings (SSSR count). The number of ether oxygens (including phenoxy) is 1. The lowest BCUT2D eigenvalue weighted by Crippen LogP contribution is -1.93. The lowest BCUT2D eigenvalue weighted by molar-refractivity contribution is 0.465. The molecule has 22 heavy (non-hydrogen) atoms. The van der Waals surface area contributed by atoms with Crippen LogP contribution in [-0.2, 0) is 0 Å². The summed E-state index contributed by atoms with van der Waals surface area (Å²) in [6.07, 6.45) is 1.97. The van der Waals surface area contributed by atoms with Crippen molar-refractivity contribution in [1.82, 2.24) is 9.97 Å². The Balaban J connectivity index is 2.03. The maximum atomic E-state index is 6.14. The summed E-state index contributed by atoms with van der Waals surface area (Å²) in [4.78, 5) is 7.76. The number of anilines is 1. The van der Waals surface area contributed by atoms with Gasteiger partial charge in [0.05, 0.1) is 21.1 Å². The molecule has 0 fully saturated rings. The Morgan fingerprint density at radius 2 is 1.86 bits per heavy atom. The molecule has 4 nitrogen and oxygen atoms in total. The van der Waals surface area contributed by atoms with E-state index < -0.39 is 0 Å². The molecule has 0 aliphatic carbocycles. The predicted molar refractivity (Wildman–Crippen MR) is 91.1 cm³/mol. The molecule has 2 heterocycles. The fraction of sp³-hybridized carbons (Fsp3) is 0.188. The van der Waals surface area contributed by atoms with Gasteiger partial charge in [-0.15, -0.1) is 0 Å². The molecule has 0 atom stereocenters. The number of benzene rings is 1. The highest BCUT2D eigenvalue weighted by atomic mass is 35.5. The summed E-state index contributed by atoms with van der Waals surface area (Å²) in [7, 11) is 0. The van der Waals surface area contributed by atoms with Crippen molar-refractivity contribution in [3.8, 4) is 11.6 Å². The number of nitrogens with one attached hydrogen (secondary N) is 1. The van der Waals surface area contributed by atoms with E-state index in [0.717, 1.165) is 16.6 Å². The van der Waals surface area contributed by atoms with Crippen molar-refractivity contribution < 1.29 is 4.74 Å². The molecule has 3 aromatic rings. The zero-order valence-corrected chi connectivity index (χ0v) is 13.7. The largest absolute Gasteiger partial charge is 0.436 e. The van der Waals surface area contributed by atoms with Crippen LogP contribution in [0.25, 0.3) is 11.0 Å². The maximum Gasteiger partial charge on any atom is 0.220 e. The predicted octanol–water partition coefficient (Wildman–Crippen LogP) is 5.37. The Labute approximate surface area is 138 Å². The Kier molecular flexibility index (Phi) is 3.89. The second-order valence-corrected chi connectivity index (χ2v) is 6.17. The van der Waals surface area contributed by atoms with Gasteiger partial charge >= 0.3 is 0 Å². The third-order valence-corrected chi connectivity index (χ3v) is 3.94. The van der Waals surface area contributed by atoms with Gasteiger partial charge < -0.3 is 15.5 Å². The van der Waals surface area contributed by atoms with Gasteiger partial charge in [0.25, 0.3) is 0 Å². The highest BCUT2D eigenvalue weighted by molar-refractivity contribution is 6.37. The number of nitrogens with zero attached hydrogens (tertiary/aromatic N) is 1. The van der Waals surface area contributed by atoms with Gasteiger partial charge in [-0.2, -0.15) is 0 Å². The van der Waals surface area contributed by atoms with Crippen LogP contribution in [0.15, 0.2) is 30.5 Å². The maximum absolute atomic E-state index is 6.14. The van der Waals surface area contributed by atoms with Gasteiger partial charge in [0.15, 0.2) is 5.75 Å². The lowest BCUT2D eigenvalue weighted by atomic mass is 10.1. The van der Waals surface area contributed by atoms with Crippen LogP contribution < -0.4 is 10.5 Å². The van der Waals surface area contributed by atoms with E-state index in [4.69, 9.17) is 33.7 Å². The number of hydrogen-bond acceptors (Lipinski definition) is 3. The average Bonchev–Trinajstić information content (AvgIpc) is 2.86. The topological polar surface area (TPSA) is 63.9 Å². The van der Waals surface area contributed by atoms with E-state index in [1.54, 1.807) is 18.2 Å². The van der Waals surface area contributed by atoms with Gasteiger partial charge in [0.1, 0.15) is 0 Å². The minimum Gasteiger partial charge on any atom is -0.436 e. The molecule has 0 radical (unpaired) electrons. The molecule has 0 aliphatic rings. The van der Waals surface area contributed by atoms with Gasteiger partial charge in [0.2, 0.25) is 5.88 Å². The van der Waals surface area contributed by atoms with Crippen molar-refractivity contribution in [2.45, 2.75) is 19.8 Å². The molecule has 0 saturated carbocycles. The molecule has 6 heteroatoms. The van der Waals surface area contributed by atoms with E-state index in [-0.39, 0.29) is 0 Å². The normalized spacial score (nSPS) is 11.3. The number of nitrogens with two attached hydrogens (primary N) is 1. The number of hydrogen-bond donors (Lipinski definition) is 2. The molecule has 0 unspecified atom stereocenters. The van der Waals surface area contributed by atoms with Gasteiger partial charge in [-0.05, 0) is 29.7 Å². The van der Waals surface area contributed by atoms with Crippen LogP contribution in [0.2, 0.25) is 10.0 Å². The van der Waals surface area contributed by atoms with Crippen LogP contribution in [0.5, 0.6) is 11.6 Å². The van der Waals surface area contributed by atoms with Crippen molar-refractivity contribution in [2.24, 2.45) is 0 Å². The standard InChI is InChI=1S/C16H15Cl2N3O/c1-8(2)10-7-20-13-3-4-14(21-15(10)13)22-16-11(17)5-9(19)6-12(16)18/h3-8,20H,19H2,1-2H3. The number of halogens is 2. The first-order valence-corrected chi connectivity index (χ1v) is 7.61. The SMILES string of the molecule is CC(C)c1c[nH]c2ccc(Oc3c(Cl)cc(N)cc3Cl)nc12. The van der Waals surface area contributed by atoms with E-state index in [1.165, 1.54) is 0 Å². The number of aromatic nitrogens is 2. The summed E-state index contributed by atoms with van der Waals surface area (Å²) in [5.41, 5.74) is 9.16. The minimum atomic E-state index is 0.352. The summed E-state index contributed by atoms with van der Waals surface area (Å²) in [5.74, 6) is 1.15. The van der Waals surface area contributed by atoms with Crippen molar-refractivity contribution in [1.29, 1.82) is 0 Å². The van der Waals surface area contributed by atoms with E-state index in [2.05, 4.69) is 23.8 Å². The number of fused-ring (bicyclic) bond motifs is 1. The summed E-state index contributed by atoms with van der Waals surface area (Å²) in [6.45, 7) is 4.23. The Morgan fingerprint density at radius 3 is 2.50 bits per heavy atom. The first-order chi connectivity index (χ1) is 10.5. The Morgan fingerprint density at radius 1 is 1.18 bits per heavy atom. The fourth-order valence-electron chi connectivity index (χ4n) is 2.28. The van der Waals surface area contributed by atoms with Crippen molar-refractivity contribution in [3.05, 3.63) is 46.1 Å².